The number of carbonyl (C=O) groups is 1. The van der Waals surface area contributed by atoms with Gasteiger partial charge in [0.1, 0.15) is 6.04 Å². The van der Waals surface area contributed by atoms with Gasteiger partial charge in [-0.15, -0.1) is 0 Å². The van der Waals surface area contributed by atoms with Gasteiger partial charge in [-0.25, -0.2) is 8.42 Å². The normalized spacial score (nSPS) is 12.3. The van der Waals surface area contributed by atoms with Crippen LogP contribution in [0, 0.1) is 17.0 Å². The maximum atomic E-state index is 12.9. The lowest BCUT2D eigenvalue weighted by atomic mass is 10.1. The minimum atomic E-state index is -3.78. The molecule has 1 unspecified atom stereocenters. The predicted molar refractivity (Wildman–Crippen MR) is 109 cm³/mol. The third kappa shape index (κ3) is 4.99. The number of aryl methyl sites for hydroxylation is 1. The van der Waals surface area contributed by atoms with E-state index in [0.717, 1.165) is 22.2 Å². The molecule has 0 radical (unpaired) electrons. The molecule has 0 saturated carbocycles. The molecule has 0 heterocycles. The second-order valence-electron chi connectivity index (χ2n) is 6.23. The van der Waals surface area contributed by atoms with Crippen molar-refractivity contribution < 1.29 is 18.1 Å². The molecule has 2 aromatic rings. The van der Waals surface area contributed by atoms with Crippen molar-refractivity contribution in [3.8, 4) is 0 Å². The number of hydrogen-bond acceptors (Lipinski definition) is 5. The molecule has 2 aromatic carbocycles. The van der Waals surface area contributed by atoms with Crippen molar-refractivity contribution in [3.63, 3.8) is 0 Å². The number of rotatable bonds is 7. The van der Waals surface area contributed by atoms with E-state index < -0.39 is 26.9 Å². The summed E-state index contributed by atoms with van der Waals surface area (Å²) < 4.78 is 25.9. The maximum Gasteiger partial charge on any atom is 0.271 e. The Morgan fingerprint density at radius 3 is 2.50 bits per heavy atom. The first-order chi connectivity index (χ1) is 13.0. The van der Waals surface area contributed by atoms with E-state index in [0.29, 0.717) is 5.69 Å². The number of nitrogens with zero attached hydrogens (tertiary/aromatic N) is 2. The second kappa shape index (κ2) is 8.57. The van der Waals surface area contributed by atoms with Gasteiger partial charge in [-0.2, -0.15) is 0 Å². The number of nitro benzene ring substituents is 1. The summed E-state index contributed by atoms with van der Waals surface area (Å²) in [6.45, 7) is 3.49. The van der Waals surface area contributed by atoms with Crippen LogP contribution in [0.1, 0.15) is 18.9 Å². The Morgan fingerprint density at radius 1 is 1.29 bits per heavy atom. The minimum Gasteiger partial charge on any atom is -0.323 e. The fraction of sp³-hybridized carbons (Fsp3) is 0.278. The summed E-state index contributed by atoms with van der Waals surface area (Å²) in [7, 11) is -3.78. The number of nitrogens with one attached hydrogen (secondary N) is 1. The van der Waals surface area contributed by atoms with Crippen LogP contribution < -0.4 is 9.62 Å². The third-order valence-electron chi connectivity index (χ3n) is 4.00. The highest BCUT2D eigenvalue weighted by atomic mass is 35.5. The Morgan fingerprint density at radius 2 is 1.96 bits per heavy atom. The van der Waals surface area contributed by atoms with Crippen molar-refractivity contribution in [2.75, 3.05) is 15.9 Å². The van der Waals surface area contributed by atoms with E-state index >= 15 is 0 Å². The average Bonchev–Trinajstić information content (AvgIpc) is 2.59. The van der Waals surface area contributed by atoms with Crippen molar-refractivity contribution in [2.24, 2.45) is 0 Å². The lowest BCUT2D eigenvalue weighted by Gasteiger charge is -2.30. The quantitative estimate of drug-likeness (QED) is 0.536. The van der Waals surface area contributed by atoms with Gasteiger partial charge in [0.25, 0.3) is 5.69 Å². The number of halogens is 1. The standard InChI is InChI=1S/C18H20ClN3O5S/c1-4-17(21(28(3,26)27)13-7-5-6-12(2)10-13)18(23)20-16-11-14(22(24)25)8-9-15(16)19/h5-11,17H,4H2,1-3H3,(H,20,23). The predicted octanol–water partition coefficient (Wildman–Crippen LogP) is 3.74. The SMILES string of the molecule is CCC(C(=O)Nc1cc([N+](=O)[O-])ccc1Cl)N(c1cccc(C)c1)S(C)(=O)=O. The zero-order chi connectivity index (χ0) is 21.1. The Hall–Kier alpha value is -2.65. The van der Waals surface area contributed by atoms with Crippen molar-refractivity contribution >= 4 is 44.6 Å². The summed E-state index contributed by atoms with van der Waals surface area (Å²) >= 11 is 6.03. The molecule has 28 heavy (non-hydrogen) atoms. The molecule has 0 aliphatic heterocycles. The first-order valence-electron chi connectivity index (χ1n) is 8.35. The molecule has 0 spiro atoms. The van der Waals surface area contributed by atoms with Crippen LogP contribution >= 0.6 is 11.6 Å². The highest BCUT2D eigenvalue weighted by molar-refractivity contribution is 7.92. The highest BCUT2D eigenvalue weighted by Gasteiger charge is 2.32. The molecular weight excluding hydrogens is 406 g/mol. The van der Waals surface area contributed by atoms with Gasteiger partial charge >= 0.3 is 0 Å². The van der Waals surface area contributed by atoms with Gasteiger partial charge in [-0.1, -0.05) is 30.7 Å². The molecule has 1 N–H and O–H groups in total. The van der Waals surface area contributed by atoms with Gasteiger partial charge in [-0.05, 0) is 37.1 Å². The van der Waals surface area contributed by atoms with Gasteiger partial charge in [0.05, 0.1) is 27.6 Å². The number of benzene rings is 2. The zero-order valence-corrected chi connectivity index (χ0v) is 17.1. The summed E-state index contributed by atoms with van der Waals surface area (Å²) in [4.78, 5) is 23.2. The van der Waals surface area contributed by atoms with Crippen LogP contribution in [0.5, 0.6) is 0 Å². The van der Waals surface area contributed by atoms with E-state index in [9.17, 15) is 23.3 Å². The number of nitro groups is 1. The highest BCUT2D eigenvalue weighted by Crippen LogP contribution is 2.28. The molecule has 8 nitrogen and oxygen atoms in total. The monoisotopic (exact) mass is 425 g/mol. The number of amides is 1. The topological polar surface area (TPSA) is 110 Å². The number of sulfonamides is 1. The van der Waals surface area contributed by atoms with Crippen LogP contribution in [0.4, 0.5) is 17.1 Å². The number of carbonyl (C=O) groups excluding carboxylic acids is 1. The van der Waals surface area contributed by atoms with Crippen molar-refractivity contribution in [2.45, 2.75) is 26.3 Å². The molecule has 0 bridgehead atoms. The molecule has 0 aromatic heterocycles. The molecule has 0 aliphatic carbocycles. The summed E-state index contributed by atoms with van der Waals surface area (Å²) in [5, 5.41) is 13.6. The molecule has 0 aliphatic rings. The molecule has 150 valence electrons. The van der Waals surface area contributed by atoms with E-state index in [1.165, 1.54) is 12.1 Å². The summed E-state index contributed by atoms with van der Waals surface area (Å²) in [6, 6.07) is 9.35. The number of non-ortho nitro benzene ring substituents is 1. The summed E-state index contributed by atoms with van der Waals surface area (Å²) in [6.07, 6.45) is 1.20. The lowest BCUT2D eigenvalue weighted by Crippen LogP contribution is -2.47. The van der Waals surface area contributed by atoms with Crippen molar-refractivity contribution in [1.29, 1.82) is 0 Å². The molecule has 10 heteroatoms. The largest absolute Gasteiger partial charge is 0.323 e. The van der Waals surface area contributed by atoms with Crippen LogP contribution in [0.25, 0.3) is 0 Å². The van der Waals surface area contributed by atoms with Crippen LogP contribution in [0.3, 0.4) is 0 Å². The van der Waals surface area contributed by atoms with Gasteiger partial charge in [0, 0.05) is 12.1 Å². The van der Waals surface area contributed by atoms with E-state index in [1.54, 1.807) is 25.1 Å². The molecule has 1 atom stereocenters. The summed E-state index contributed by atoms with van der Waals surface area (Å²) in [5.74, 6) is -0.642. The molecule has 1 amide bonds. The molecule has 0 saturated heterocycles. The zero-order valence-electron chi connectivity index (χ0n) is 15.5. The van der Waals surface area contributed by atoms with E-state index in [2.05, 4.69) is 5.32 Å². The van der Waals surface area contributed by atoms with E-state index in [-0.39, 0.29) is 22.8 Å². The third-order valence-corrected chi connectivity index (χ3v) is 5.51. The van der Waals surface area contributed by atoms with E-state index in [4.69, 9.17) is 11.6 Å². The Kier molecular flexibility index (Phi) is 6.63. The van der Waals surface area contributed by atoms with Crippen LogP contribution in [-0.2, 0) is 14.8 Å². The van der Waals surface area contributed by atoms with Crippen molar-refractivity contribution in [3.05, 3.63) is 63.2 Å². The fourth-order valence-electron chi connectivity index (χ4n) is 2.76. The Balaban J connectivity index is 2.43. The molecular formula is C18H20ClN3O5S. The lowest BCUT2D eigenvalue weighted by molar-refractivity contribution is -0.384. The fourth-order valence-corrected chi connectivity index (χ4v) is 4.13. The molecule has 0 fully saturated rings. The van der Waals surface area contributed by atoms with Gasteiger partial charge in [-0.3, -0.25) is 19.2 Å². The van der Waals surface area contributed by atoms with Crippen LogP contribution in [0.2, 0.25) is 5.02 Å². The van der Waals surface area contributed by atoms with Crippen LogP contribution in [-0.4, -0.2) is 31.5 Å². The minimum absolute atomic E-state index is 0.0389. The summed E-state index contributed by atoms with van der Waals surface area (Å²) in [5.41, 5.74) is 0.987. The smallest absolute Gasteiger partial charge is 0.271 e. The Bertz CT molecular complexity index is 1010. The molecule has 2 rings (SSSR count). The van der Waals surface area contributed by atoms with Crippen LogP contribution in [0.15, 0.2) is 42.5 Å². The maximum absolute atomic E-state index is 12.9. The number of hydrogen-bond donors (Lipinski definition) is 1. The first kappa shape index (κ1) is 21.6. The number of anilines is 2. The average molecular weight is 426 g/mol. The van der Waals surface area contributed by atoms with E-state index in [1.807, 2.05) is 13.0 Å². The van der Waals surface area contributed by atoms with Gasteiger partial charge in [0.15, 0.2) is 0 Å². The second-order valence-corrected chi connectivity index (χ2v) is 8.50. The first-order valence-corrected chi connectivity index (χ1v) is 10.6. The van der Waals surface area contributed by atoms with Gasteiger partial charge < -0.3 is 5.32 Å². The van der Waals surface area contributed by atoms with Crippen molar-refractivity contribution in [1.82, 2.24) is 0 Å². The van der Waals surface area contributed by atoms with Gasteiger partial charge in [0.2, 0.25) is 15.9 Å². The Labute approximate surface area is 168 Å².